The zero-order valence-electron chi connectivity index (χ0n) is 15.8. The van der Waals surface area contributed by atoms with Crippen molar-refractivity contribution >= 4 is 23.4 Å². The minimum Gasteiger partial charge on any atom is -0.486 e. The predicted molar refractivity (Wildman–Crippen MR) is 115 cm³/mol. The van der Waals surface area contributed by atoms with E-state index in [4.69, 9.17) is 9.47 Å². The topological polar surface area (TPSA) is 59.6 Å². The maximum Gasteiger partial charge on any atom is 0.239 e. The Balaban J connectivity index is 1.27. The summed E-state index contributed by atoms with van der Waals surface area (Å²) in [6, 6.07) is 25.7. The van der Waals surface area contributed by atoms with Crippen LogP contribution < -0.4 is 20.1 Å². The van der Waals surface area contributed by atoms with E-state index in [9.17, 15) is 4.79 Å². The van der Waals surface area contributed by atoms with Gasteiger partial charge in [-0.25, -0.2) is 0 Å². The van der Waals surface area contributed by atoms with E-state index in [-0.39, 0.29) is 18.6 Å². The number of benzene rings is 3. The maximum absolute atomic E-state index is 12.3. The van der Waals surface area contributed by atoms with E-state index >= 15 is 0 Å². The third kappa shape index (κ3) is 5.23. The van der Waals surface area contributed by atoms with Crippen LogP contribution in [0.2, 0.25) is 0 Å². The number of nitrogens with one attached hydrogen (secondary N) is 2. The van der Waals surface area contributed by atoms with Crippen LogP contribution in [0.3, 0.4) is 0 Å². The summed E-state index contributed by atoms with van der Waals surface area (Å²) in [5.41, 5.74) is 0.933. The molecular weight excluding hydrogens is 384 g/mol. The predicted octanol–water partition coefficient (Wildman–Crippen LogP) is 4.21. The smallest absolute Gasteiger partial charge is 0.239 e. The van der Waals surface area contributed by atoms with E-state index in [1.807, 2.05) is 66.7 Å². The lowest BCUT2D eigenvalue weighted by molar-refractivity contribution is -0.119. The molecule has 0 fully saturated rings. The van der Waals surface area contributed by atoms with Crippen LogP contribution >= 0.6 is 11.8 Å². The Hall–Kier alpha value is -3.12. The van der Waals surface area contributed by atoms with Crippen molar-refractivity contribution in [3.05, 3.63) is 78.9 Å². The SMILES string of the molecule is O=C(CNc1ccccc1Sc1ccccc1)NC[C@H]1COc2ccccc2O1. The molecule has 0 saturated heterocycles. The van der Waals surface area contributed by atoms with Gasteiger partial charge in [-0.2, -0.15) is 0 Å². The summed E-state index contributed by atoms with van der Waals surface area (Å²) in [6.07, 6.45) is -0.199. The highest BCUT2D eigenvalue weighted by atomic mass is 32.2. The number of amides is 1. The van der Waals surface area contributed by atoms with Crippen LogP contribution in [0.15, 0.2) is 88.7 Å². The van der Waals surface area contributed by atoms with Gasteiger partial charge in [0.15, 0.2) is 11.5 Å². The molecule has 1 atom stereocenters. The second kappa shape index (κ2) is 9.39. The number of hydrogen-bond acceptors (Lipinski definition) is 5. The van der Waals surface area contributed by atoms with Crippen molar-refractivity contribution in [2.45, 2.75) is 15.9 Å². The molecule has 0 bridgehead atoms. The zero-order chi connectivity index (χ0) is 19.9. The van der Waals surface area contributed by atoms with Crippen molar-refractivity contribution in [1.29, 1.82) is 0 Å². The quantitative estimate of drug-likeness (QED) is 0.616. The van der Waals surface area contributed by atoms with Crippen LogP contribution in [0, 0.1) is 0 Å². The first kappa shape index (κ1) is 19.2. The van der Waals surface area contributed by atoms with E-state index in [0.29, 0.717) is 18.9 Å². The summed E-state index contributed by atoms with van der Waals surface area (Å²) >= 11 is 1.66. The highest BCUT2D eigenvalue weighted by Gasteiger charge is 2.21. The number of carbonyl (C=O) groups excluding carboxylic acids is 1. The van der Waals surface area contributed by atoms with Crippen LogP contribution in [-0.2, 0) is 4.79 Å². The highest BCUT2D eigenvalue weighted by Crippen LogP contribution is 2.33. The lowest BCUT2D eigenvalue weighted by Gasteiger charge is -2.26. The molecule has 0 radical (unpaired) electrons. The normalized spacial score (nSPS) is 14.8. The zero-order valence-corrected chi connectivity index (χ0v) is 16.7. The van der Waals surface area contributed by atoms with Crippen molar-refractivity contribution in [3.8, 4) is 11.5 Å². The van der Waals surface area contributed by atoms with E-state index in [0.717, 1.165) is 21.2 Å². The molecular formula is C23H22N2O3S. The van der Waals surface area contributed by atoms with Crippen molar-refractivity contribution in [2.75, 3.05) is 25.0 Å². The first-order valence-electron chi connectivity index (χ1n) is 9.49. The fourth-order valence-corrected chi connectivity index (χ4v) is 3.89. The highest BCUT2D eigenvalue weighted by molar-refractivity contribution is 7.99. The Labute approximate surface area is 174 Å². The molecule has 0 saturated carbocycles. The van der Waals surface area contributed by atoms with Gasteiger partial charge in [-0.05, 0) is 36.4 Å². The van der Waals surface area contributed by atoms with Crippen LogP contribution in [-0.4, -0.2) is 31.7 Å². The number of hydrogen-bond donors (Lipinski definition) is 2. The van der Waals surface area contributed by atoms with Gasteiger partial charge in [0.05, 0.1) is 13.1 Å². The summed E-state index contributed by atoms with van der Waals surface area (Å²) in [6.45, 7) is 1.01. The molecule has 3 aromatic carbocycles. The van der Waals surface area contributed by atoms with E-state index in [2.05, 4.69) is 22.8 Å². The van der Waals surface area contributed by atoms with Gasteiger partial charge in [0.1, 0.15) is 12.7 Å². The third-order valence-corrected chi connectivity index (χ3v) is 5.48. The van der Waals surface area contributed by atoms with Crippen LogP contribution in [0.1, 0.15) is 0 Å². The molecule has 0 aliphatic carbocycles. The van der Waals surface area contributed by atoms with Gasteiger partial charge in [-0.15, -0.1) is 0 Å². The van der Waals surface area contributed by atoms with Crippen molar-refractivity contribution in [2.24, 2.45) is 0 Å². The summed E-state index contributed by atoms with van der Waals surface area (Å²) in [5.74, 6) is 1.36. The van der Waals surface area contributed by atoms with Gasteiger partial charge in [0.2, 0.25) is 5.91 Å². The standard InChI is InChI=1S/C23H22N2O3S/c26-23(25-14-17-16-27-20-11-5-6-12-21(20)28-17)15-24-19-10-4-7-13-22(19)29-18-8-2-1-3-9-18/h1-13,17,24H,14-16H2,(H,25,26)/t17-/m0/s1. The molecule has 0 aromatic heterocycles. The number of rotatable bonds is 7. The van der Waals surface area contributed by atoms with Gasteiger partial charge in [0, 0.05) is 15.5 Å². The maximum atomic E-state index is 12.3. The fourth-order valence-electron chi connectivity index (χ4n) is 2.95. The fraction of sp³-hybridized carbons (Fsp3) is 0.174. The van der Waals surface area contributed by atoms with Crippen molar-refractivity contribution < 1.29 is 14.3 Å². The molecule has 5 nitrogen and oxygen atoms in total. The molecule has 0 unspecified atom stereocenters. The monoisotopic (exact) mass is 406 g/mol. The van der Waals surface area contributed by atoms with Gasteiger partial charge in [-0.1, -0.05) is 54.2 Å². The van der Waals surface area contributed by atoms with Crippen molar-refractivity contribution in [1.82, 2.24) is 5.32 Å². The Morgan fingerprint density at radius 1 is 0.931 bits per heavy atom. The molecule has 2 N–H and O–H groups in total. The number of fused-ring (bicyclic) bond motifs is 1. The summed E-state index contributed by atoms with van der Waals surface area (Å²) in [7, 11) is 0. The second-order valence-electron chi connectivity index (χ2n) is 6.57. The average molecular weight is 407 g/mol. The van der Waals surface area contributed by atoms with Gasteiger partial charge in [0.25, 0.3) is 0 Å². The summed E-state index contributed by atoms with van der Waals surface area (Å²) in [5, 5.41) is 6.14. The van der Waals surface area contributed by atoms with Crippen LogP contribution in [0.5, 0.6) is 11.5 Å². The number of para-hydroxylation sites is 3. The first-order chi connectivity index (χ1) is 14.3. The summed E-state index contributed by atoms with van der Waals surface area (Å²) < 4.78 is 11.5. The van der Waals surface area contributed by atoms with Gasteiger partial charge < -0.3 is 20.1 Å². The Morgan fingerprint density at radius 2 is 1.66 bits per heavy atom. The minimum atomic E-state index is -0.199. The Morgan fingerprint density at radius 3 is 2.52 bits per heavy atom. The molecule has 0 spiro atoms. The Kier molecular flexibility index (Phi) is 6.22. The van der Waals surface area contributed by atoms with Crippen LogP contribution in [0.4, 0.5) is 5.69 Å². The Bertz CT molecular complexity index is 965. The molecule has 1 aliphatic rings. The molecule has 29 heavy (non-hydrogen) atoms. The molecule has 1 amide bonds. The van der Waals surface area contributed by atoms with Gasteiger partial charge in [-0.3, -0.25) is 4.79 Å². The van der Waals surface area contributed by atoms with E-state index in [1.54, 1.807) is 11.8 Å². The molecule has 4 rings (SSSR count). The molecule has 1 heterocycles. The minimum absolute atomic E-state index is 0.0908. The van der Waals surface area contributed by atoms with E-state index < -0.39 is 0 Å². The van der Waals surface area contributed by atoms with E-state index in [1.165, 1.54) is 0 Å². The first-order valence-corrected chi connectivity index (χ1v) is 10.3. The second-order valence-corrected chi connectivity index (χ2v) is 7.68. The third-order valence-electron chi connectivity index (χ3n) is 4.39. The van der Waals surface area contributed by atoms with Crippen LogP contribution in [0.25, 0.3) is 0 Å². The molecule has 3 aromatic rings. The number of ether oxygens (including phenoxy) is 2. The average Bonchev–Trinajstić information content (AvgIpc) is 2.77. The largest absolute Gasteiger partial charge is 0.486 e. The number of carbonyl (C=O) groups is 1. The molecule has 1 aliphatic heterocycles. The lowest BCUT2D eigenvalue weighted by atomic mass is 10.2. The number of anilines is 1. The molecule has 6 heteroatoms. The molecule has 148 valence electrons. The van der Waals surface area contributed by atoms with Crippen molar-refractivity contribution in [3.63, 3.8) is 0 Å². The van der Waals surface area contributed by atoms with Gasteiger partial charge >= 0.3 is 0 Å². The summed E-state index contributed by atoms with van der Waals surface area (Å²) in [4.78, 5) is 14.5. The lowest BCUT2D eigenvalue weighted by Crippen LogP contribution is -2.42.